The van der Waals surface area contributed by atoms with E-state index < -0.39 is 6.10 Å². The number of carbonyl (C=O) groups excluding carboxylic acids is 1. The van der Waals surface area contributed by atoms with Gasteiger partial charge in [0.2, 0.25) is 0 Å². The summed E-state index contributed by atoms with van der Waals surface area (Å²) in [5.74, 6) is 0.545. The van der Waals surface area contributed by atoms with Gasteiger partial charge < -0.3 is 19.6 Å². The lowest BCUT2D eigenvalue weighted by atomic mass is 10.2. The van der Waals surface area contributed by atoms with Gasteiger partial charge in [-0.15, -0.1) is 22.7 Å². The molecule has 0 unspecified atom stereocenters. The van der Waals surface area contributed by atoms with E-state index in [-0.39, 0.29) is 11.7 Å². The molecule has 0 radical (unpaired) electrons. The molecule has 3 aromatic heterocycles. The number of amides is 1. The van der Waals surface area contributed by atoms with Crippen molar-refractivity contribution in [2.75, 3.05) is 7.11 Å². The Balaban J connectivity index is 1.44. The summed E-state index contributed by atoms with van der Waals surface area (Å²) in [5, 5.41) is 16.0. The molecule has 2 N–H and O–H groups in total. The van der Waals surface area contributed by atoms with Gasteiger partial charge in [0.05, 0.1) is 13.7 Å². The molecule has 1 atom stereocenters. The second kappa shape index (κ2) is 7.56. The largest absolute Gasteiger partial charge is 0.493 e. The third-order valence-electron chi connectivity index (χ3n) is 4.14. The molecule has 0 saturated carbocycles. The van der Waals surface area contributed by atoms with E-state index in [0.717, 1.165) is 20.0 Å². The van der Waals surface area contributed by atoms with Crippen LogP contribution in [0.1, 0.15) is 31.3 Å². The predicted molar refractivity (Wildman–Crippen MR) is 107 cm³/mol. The van der Waals surface area contributed by atoms with Gasteiger partial charge in [0.1, 0.15) is 6.10 Å². The van der Waals surface area contributed by atoms with E-state index in [1.54, 1.807) is 19.2 Å². The van der Waals surface area contributed by atoms with Crippen LogP contribution in [-0.2, 0) is 6.54 Å². The first-order chi connectivity index (χ1) is 13.2. The van der Waals surface area contributed by atoms with Crippen molar-refractivity contribution in [3.63, 3.8) is 0 Å². The minimum absolute atomic E-state index is 0.241. The Morgan fingerprint density at radius 1 is 1.22 bits per heavy atom. The van der Waals surface area contributed by atoms with Crippen LogP contribution in [0.3, 0.4) is 0 Å². The van der Waals surface area contributed by atoms with E-state index in [9.17, 15) is 9.90 Å². The predicted octanol–water partition coefficient (Wildman–Crippen LogP) is 4.58. The molecule has 0 bridgehead atoms. The zero-order valence-electron chi connectivity index (χ0n) is 14.5. The molecule has 1 aromatic carbocycles. The van der Waals surface area contributed by atoms with Crippen molar-refractivity contribution in [3.8, 4) is 5.75 Å². The molecule has 27 heavy (non-hydrogen) atoms. The Hall–Kier alpha value is -2.61. The van der Waals surface area contributed by atoms with Crippen LogP contribution in [0, 0.1) is 0 Å². The molecule has 0 aliphatic rings. The van der Waals surface area contributed by atoms with E-state index in [1.165, 1.54) is 22.7 Å². The third-order valence-corrected chi connectivity index (χ3v) is 6.20. The third kappa shape index (κ3) is 3.62. The number of ether oxygens (including phenoxy) is 1. The first kappa shape index (κ1) is 17.8. The topological polar surface area (TPSA) is 71.7 Å². The molecule has 0 saturated heterocycles. The molecule has 138 valence electrons. The summed E-state index contributed by atoms with van der Waals surface area (Å²) in [4.78, 5) is 15.1. The normalized spacial score (nSPS) is 12.2. The van der Waals surface area contributed by atoms with E-state index in [4.69, 9.17) is 9.15 Å². The zero-order valence-corrected chi connectivity index (χ0v) is 16.1. The summed E-state index contributed by atoms with van der Waals surface area (Å²) in [6.45, 7) is 0.370. The molecule has 1 amide bonds. The number of carbonyl (C=O) groups is 1. The van der Waals surface area contributed by atoms with Gasteiger partial charge in [0.15, 0.2) is 17.1 Å². The molecular formula is C20H17NO4S2. The number of nitrogens with one attached hydrogen (secondary N) is 1. The lowest BCUT2D eigenvalue weighted by Crippen LogP contribution is -2.21. The van der Waals surface area contributed by atoms with E-state index >= 15 is 0 Å². The average Bonchev–Trinajstić information content (AvgIpc) is 3.45. The van der Waals surface area contributed by atoms with Crippen molar-refractivity contribution in [1.29, 1.82) is 0 Å². The Labute approximate surface area is 163 Å². The summed E-state index contributed by atoms with van der Waals surface area (Å²) >= 11 is 3.00. The molecule has 0 fully saturated rings. The Bertz CT molecular complexity index is 1060. The minimum atomic E-state index is -0.623. The van der Waals surface area contributed by atoms with Crippen LogP contribution in [0.25, 0.3) is 11.0 Å². The molecular weight excluding hydrogens is 382 g/mol. The number of aliphatic hydroxyl groups is 1. The number of hydrogen-bond donors (Lipinski definition) is 2. The summed E-state index contributed by atoms with van der Waals surface area (Å²) in [6.07, 6.45) is -0.623. The monoisotopic (exact) mass is 399 g/mol. The smallest absolute Gasteiger partial charge is 0.287 e. The maximum Gasteiger partial charge on any atom is 0.287 e. The van der Waals surface area contributed by atoms with Crippen LogP contribution in [0.5, 0.6) is 5.75 Å². The number of benzene rings is 1. The van der Waals surface area contributed by atoms with Crippen LogP contribution < -0.4 is 10.1 Å². The standard InChI is InChI=1S/C20H17NO4S2/c1-24-14-5-2-4-12-10-15(25-19(12)14)20(23)21-11-13-7-8-17(27-13)18(22)16-6-3-9-26-16/h2-10,18,22H,11H2,1H3,(H,21,23)/t18-/m0/s1. The molecule has 7 heteroatoms. The number of para-hydroxylation sites is 1. The average molecular weight is 399 g/mol. The molecule has 0 aliphatic carbocycles. The first-order valence-electron chi connectivity index (χ1n) is 8.30. The Morgan fingerprint density at radius 2 is 2.11 bits per heavy atom. The van der Waals surface area contributed by atoms with Crippen molar-refractivity contribution in [2.24, 2.45) is 0 Å². The highest BCUT2D eigenvalue weighted by Gasteiger charge is 2.16. The summed E-state index contributed by atoms with van der Waals surface area (Å²) in [5.41, 5.74) is 0.558. The number of thiophene rings is 2. The van der Waals surface area contributed by atoms with Crippen molar-refractivity contribution < 1.29 is 19.1 Å². The molecule has 0 spiro atoms. The van der Waals surface area contributed by atoms with Gasteiger partial charge >= 0.3 is 0 Å². The zero-order chi connectivity index (χ0) is 18.8. The fourth-order valence-corrected chi connectivity index (χ4v) is 4.55. The van der Waals surface area contributed by atoms with Crippen molar-refractivity contribution in [3.05, 3.63) is 74.3 Å². The second-order valence-electron chi connectivity index (χ2n) is 5.89. The molecule has 5 nitrogen and oxygen atoms in total. The van der Waals surface area contributed by atoms with Gasteiger partial charge in [-0.2, -0.15) is 0 Å². The quantitative estimate of drug-likeness (QED) is 0.498. The van der Waals surface area contributed by atoms with E-state index in [1.807, 2.05) is 41.8 Å². The van der Waals surface area contributed by atoms with E-state index in [0.29, 0.717) is 17.9 Å². The van der Waals surface area contributed by atoms with Crippen LogP contribution in [-0.4, -0.2) is 18.1 Å². The van der Waals surface area contributed by atoms with Gasteiger partial charge in [-0.1, -0.05) is 18.2 Å². The van der Waals surface area contributed by atoms with Gasteiger partial charge in [0.25, 0.3) is 5.91 Å². The fraction of sp³-hybridized carbons (Fsp3) is 0.150. The van der Waals surface area contributed by atoms with Gasteiger partial charge in [0, 0.05) is 20.0 Å². The number of aliphatic hydroxyl groups excluding tert-OH is 1. The summed E-state index contributed by atoms with van der Waals surface area (Å²) in [7, 11) is 1.57. The summed E-state index contributed by atoms with van der Waals surface area (Å²) in [6, 6.07) is 14.8. The number of methoxy groups -OCH3 is 1. The lowest BCUT2D eigenvalue weighted by molar-refractivity contribution is 0.0925. The van der Waals surface area contributed by atoms with Crippen molar-refractivity contribution in [1.82, 2.24) is 5.32 Å². The minimum Gasteiger partial charge on any atom is -0.493 e. The highest BCUT2D eigenvalue weighted by molar-refractivity contribution is 7.12. The van der Waals surface area contributed by atoms with Gasteiger partial charge in [-0.05, 0) is 35.7 Å². The molecule has 3 heterocycles. The van der Waals surface area contributed by atoms with E-state index in [2.05, 4.69) is 5.32 Å². The Kier molecular flexibility index (Phi) is 4.98. The van der Waals surface area contributed by atoms with Crippen LogP contribution in [0.2, 0.25) is 0 Å². The first-order valence-corrected chi connectivity index (χ1v) is 10.00. The molecule has 0 aliphatic heterocycles. The molecule has 4 rings (SSSR count). The maximum atomic E-state index is 12.4. The lowest BCUT2D eigenvalue weighted by Gasteiger charge is -2.05. The second-order valence-corrected chi connectivity index (χ2v) is 8.07. The number of rotatable bonds is 6. The van der Waals surface area contributed by atoms with Gasteiger partial charge in [-0.25, -0.2) is 0 Å². The van der Waals surface area contributed by atoms with Crippen LogP contribution in [0.4, 0.5) is 0 Å². The highest BCUT2D eigenvalue weighted by Crippen LogP contribution is 2.31. The van der Waals surface area contributed by atoms with Crippen LogP contribution >= 0.6 is 22.7 Å². The fourth-order valence-electron chi connectivity index (χ4n) is 2.79. The van der Waals surface area contributed by atoms with Gasteiger partial charge in [-0.3, -0.25) is 4.79 Å². The summed E-state index contributed by atoms with van der Waals surface area (Å²) < 4.78 is 10.9. The Morgan fingerprint density at radius 3 is 2.89 bits per heavy atom. The SMILES string of the molecule is COc1cccc2cc(C(=O)NCc3ccc([C@@H](O)c4cccs4)s3)oc12. The van der Waals surface area contributed by atoms with Crippen molar-refractivity contribution in [2.45, 2.75) is 12.6 Å². The molecule has 4 aromatic rings. The van der Waals surface area contributed by atoms with Crippen LogP contribution in [0.15, 0.2) is 58.3 Å². The highest BCUT2D eigenvalue weighted by atomic mass is 32.1. The van der Waals surface area contributed by atoms with Crippen molar-refractivity contribution >= 4 is 39.5 Å². The number of fused-ring (bicyclic) bond motifs is 1. The number of furan rings is 1. The maximum absolute atomic E-state index is 12.4. The number of hydrogen-bond acceptors (Lipinski definition) is 6.